The van der Waals surface area contributed by atoms with Gasteiger partial charge in [0.1, 0.15) is 24.0 Å². The maximum atomic E-state index is 12.4. The number of carbonyl (C=O) groups is 1. The lowest BCUT2D eigenvalue weighted by atomic mass is 10.0. The summed E-state index contributed by atoms with van der Waals surface area (Å²) in [5, 5.41) is 10.5. The SMILES string of the molecule is N#C/C(=C\c1ccc(OCc2ccc(Cl)cc2Cl)cc1)C(=O)c1ccccc1. The van der Waals surface area contributed by atoms with E-state index < -0.39 is 0 Å². The first-order chi connectivity index (χ1) is 13.6. The molecule has 0 aromatic heterocycles. The third-order valence-electron chi connectivity index (χ3n) is 4.00. The van der Waals surface area contributed by atoms with Crippen LogP contribution in [0.5, 0.6) is 5.75 Å². The monoisotopic (exact) mass is 407 g/mol. The van der Waals surface area contributed by atoms with Gasteiger partial charge in [-0.1, -0.05) is 71.7 Å². The Kier molecular flexibility index (Phi) is 6.49. The summed E-state index contributed by atoms with van der Waals surface area (Å²) >= 11 is 12.0. The fourth-order valence-electron chi connectivity index (χ4n) is 2.52. The Morgan fingerprint density at radius 1 is 1.00 bits per heavy atom. The lowest BCUT2D eigenvalue weighted by Gasteiger charge is -2.08. The van der Waals surface area contributed by atoms with E-state index in [1.807, 2.05) is 18.2 Å². The van der Waals surface area contributed by atoms with Crippen LogP contribution in [0.4, 0.5) is 0 Å². The predicted octanol–water partition coefficient (Wildman–Crippen LogP) is 6.36. The minimum Gasteiger partial charge on any atom is -0.489 e. The second-order valence-electron chi connectivity index (χ2n) is 5.96. The minimum absolute atomic E-state index is 0.0767. The smallest absolute Gasteiger partial charge is 0.203 e. The molecule has 3 nitrogen and oxygen atoms in total. The average Bonchev–Trinajstić information content (AvgIpc) is 2.72. The Hall–Kier alpha value is -3.06. The summed E-state index contributed by atoms with van der Waals surface area (Å²) in [6, 6.07) is 23.1. The summed E-state index contributed by atoms with van der Waals surface area (Å²) in [6.45, 7) is 0.307. The highest BCUT2D eigenvalue weighted by Gasteiger charge is 2.11. The molecule has 0 aliphatic rings. The fraction of sp³-hybridized carbons (Fsp3) is 0.0435. The summed E-state index contributed by atoms with van der Waals surface area (Å²) in [4.78, 5) is 12.4. The molecular weight excluding hydrogens is 393 g/mol. The molecule has 0 aliphatic carbocycles. The van der Waals surface area contributed by atoms with Crippen molar-refractivity contribution in [3.05, 3.63) is 105 Å². The van der Waals surface area contributed by atoms with Crippen LogP contribution in [-0.2, 0) is 6.61 Å². The van der Waals surface area contributed by atoms with E-state index in [4.69, 9.17) is 27.9 Å². The summed E-state index contributed by atoms with van der Waals surface area (Å²) in [6.07, 6.45) is 1.56. The Labute approximate surface area is 173 Å². The topological polar surface area (TPSA) is 50.1 Å². The van der Waals surface area contributed by atoms with E-state index in [1.165, 1.54) is 0 Å². The van der Waals surface area contributed by atoms with Gasteiger partial charge in [0.25, 0.3) is 0 Å². The Balaban J connectivity index is 1.70. The number of allylic oxidation sites excluding steroid dienone is 1. The summed E-state index contributed by atoms with van der Waals surface area (Å²) in [5.74, 6) is 0.344. The van der Waals surface area contributed by atoms with Crippen molar-refractivity contribution in [1.29, 1.82) is 5.26 Å². The van der Waals surface area contributed by atoms with Crippen molar-refractivity contribution in [2.75, 3.05) is 0 Å². The average molecular weight is 408 g/mol. The second-order valence-corrected chi connectivity index (χ2v) is 6.80. The first-order valence-electron chi connectivity index (χ1n) is 8.45. The van der Waals surface area contributed by atoms with Crippen molar-refractivity contribution in [2.45, 2.75) is 6.61 Å². The quantitative estimate of drug-likeness (QED) is 0.271. The molecule has 0 N–H and O–H groups in total. The van der Waals surface area contributed by atoms with Crippen LogP contribution in [0.1, 0.15) is 21.5 Å². The first-order valence-corrected chi connectivity index (χ1v) is 9.21. The summed E-state index contributed by atoms with van der Waals surface area (Å²) in [7, 11) is 0. The minimum atomic E-state index is -0.305. The van der Waals surface area contributed by atoms with Crippen LogP contribution < -0.4 is 4.74 Å². The molecule has 0 radical (unpaired) electrons. The third-order valence-corrected chi connectivity index (χ3v) is 4.59. The molecule has 0 heterocycles. The molecule has 3 rings (SSSR count). The summed E-state index contributed by atoms with van der Waals surface area (Å²) < 4.78 is 5.74. The zero-order valence-electron chi connectivity index (χ0n) is 14.7. The van der Waals surface area contributed by atoms with E-state index in [9.17, 15) is 10.1 Å². The van der Waals surface area contributed by atoms with Gasteiger partial charge < -0.3 is 4.74 Å². The van der Waals surface area contributed by atoms with Gasteiger partial charge >= 0.3 is 0 Å². The largest absolute Gasteiger partial charge is 0.489 e. The number of carbonyl (C=O) groups excluding carboxylic acids is 1. The van der Waals surface area contributed by atoms with Crippen molar-refractivity contribution >= 4 is 35.1 Å². The number of ether oxygens (including phenoxy) is 1. The zero-order chi connectivity index (χ0) is 19.9. The van der Waals surface area contributed by atoms with Crippen LogP contribution in [0.2, 0.25) is 10.0 Å². The Morgan fingerprint density at radius 2 is 1.71 bits per heavy atom. The lowest BCUT2D eigenvalue weighted by molar-refractivity contribution is 0.104. The number of ketones is 1. The Morgan fingerprint density at radius 3 is 2.36 bits per heavy atom. The normalized spacial score (nSPS) is 11.0. The third kappa shape index (κ3) is 5.01. The van der Waals surface area contributed by atoms with Gasteiger partial charge in [-0.2, -0.15) is 5.26 Å². The van der Waals surface area contributed by atoms with Gasteiger partial charge in [0.05, 0.1) is 0 Å². The van der Waals surface area contributed by atoms with Gasteiger partial charge in [-0.25, -0.2) is 0 Å². The number of hydrogen-bond acceptors (Lipinski definition) is 3. The van der Waals surface area contributed by atoms with Gasteiger partial charge in [0, 0.05) is 21.2 Å². The maximum absolute atomic E-state index is 12.4. The molecular formula is C23H15Cl2NO2. The van der Waals surface area contributed by atoms with Crippen molar-refractivity contribution in [1.82, 2.24) is 0 Å². The van der Waals surface area contributed by atoms with Crippen molar-refractivity contribution in [3.63, 3.8) is 0 Å². The molecule has 0 saturated heterocycles. The van der Waals surface area contributed by atoms with Gasteiger partial charge in [-0.3, -0.25) is 4.79 Å². The maximum Gasteiger partial charge on any atom is 0.203 e. The molecule has 3 aromatic rings. The molecule has 0 atom stereocenters. The number of halogens is 2. The van der Waals surface area contributed by atoms with Gasteiger partial charge in [-0.05, 0) is 35.9 Å². The lowest BCUT2D eigenvalue weighted by Crippen LogP contribution is -2.01. The van der Waals surface area contributed by atoms with E-state index >= 15 is 0 Å². The zero-order valence-corrected chi connectivity index (χ0v) is 16.2. The fourth-order valence-corrected chi connectivity index (χ4v) is 2.98. The van der Waals surface area contributed by atoms with Gasteiger partial charge in [0.2, 0.25) is 5.78 Å². The number of nitriles is 1. The number of hydrogen-bond donors (Lipinski definition) is 0. The van der Waals surface area contributed by atoms with Crippen LogP contribution >= 0.6 is 23.2 Å². The molecule has 138 valence electrons. The van der Waals surface area contributed by atoms with Crippen LogP contribution in [0, 0.1) is 11.3 Å². The molecule has 3 aromatic carbocycles. The van der Waals surface area contributed by atoms with E-state index in [2.05, 4.69) is 0 Å². The van der Waals surface area contributed by atoms with E-state index in [0.29, 0.717) is 28.0 Å². The molecule has 0 unspecified atom stereocenters. The first kappa shape index (κ1) is 19.7. The predicted molar refractivity (Wildman–Crippen MR) is 112 cm³/mol. The van der Waals surface area contributed by atoms with E-state index in [0.717, 1.165) is 11.1 Å². The second kappa shape index (κ2) is 9.23. The molecule has 5 heteroatoms. The molecule has 0 amide bonds. The number of nitrogens with zero attached hydrogens (tertiary/aromatic N) is 1. The van der Waals surface area contributed by atoms with E-state index in [-0.39, 0.29) is 11.4 Å². The standard InChI is InChI=1S/C23H15Cl2NO2/c24-20-9-8-18(22(25)13-20)15-28-21-10-6-16(7-11-21)12-19(14-26)23(27)17-4-2-1-3-5-17/h1-13H,15H2/b19-12+. The van der Waals surface area contributed by atoms with Gasteiger partial charge in [0.15, 0.2) is 0 Å². The highest BCUT2D eigenvalue weighted by Crippen LogP contribution is 2.23. The number of rotatable bonds is 6. The van der Waals surface area contributed by atoms with Gasteiger partial charge in [-0.15, -0.1) is 0 Å². The Bertz CT molecular complexity index is 1050. The molecule has 0 fully saturated rings. The summed E-state index contributed by atoms with van der Waals surface area (Å²) in [5.41, 5.74) is 2.12. The van der Waals surface area contributed by atoms with Crippen LogP contribution in [-0.4, -0.2) is 5.78 Å². The molecule has 0 bridgehead atoms. The van der Waals surface area contributed by atoms with Crippen molar-refractivity contribution in [2.24, 2.45) is 0 Å². The van der Waals surface area contributed by atoms with E-state index in [1.54, 1.807) is 66.7 Å². The van der Waals surface area contributed by atoms with Crippen LogP contribution in [0.25, 0.3) is 6.08 Å². The highest BCUT2D eigenvalue weighted by molar-refractivity contribution is 6.35. The number of benzene rings is 3. The van der Waals surface area contributed by atoms with Crippen molar-refractivity contribution < 1.29 is 9.53 Å². The molecule has 0 saturated carbocycles. The number of Topliss-reactive ketones (excluding diaryl/α,β-unsaturated/α-hetero) is 1. The van der Waals surface area contributed by atoms with Crippen LogP contribution in [0.3, 0.4) is 0 Å². The molecule has 0 spiro atoms. The highest BCUT2D eigenvalue weighted by atomic mass is 35.5. The molecule has 28 heavy (non-hydrogen) atoms. The van der Waals surface area contributed by atoms with Crippen molar-refractivity contribution in [3.8, 4) is 11.8 Å². The van der Waals surface area contributed by atoms with Crippen LogP contribution in [0.15, 0.2) is 78.4 Å². The molecule has 0 aliphatic heterocycles.